The Labute approximate surface area is 83.3 Å². The molecule has 74 valence electrons. The monoisotopic (exact) mass is 200 g/mol. The Morgan fingerprint density at radius 3 is 2.69 bits per heavy atom. The number of rotatable bonds is 3. The van der Waals surface area contributed by atoms with Crippen LogP contribution in [0.25, 0.3) is 0 Å². The Kier molecular flexibility index (Phi) is 3.36. The van der Waals surface area contributed by atoms with Crippen LogP contribution in [0.4, 0.5) is 0 Å². The Morgan fingerprint density at radius 1 is 1.54 bits per heavy atom. The molecule has 0 amide bonds. The van der Waals surface area contributed by atoms with E-state index in [9.17, 15) is 0 Å². The molecule has 13 heavy (non-hydrogen) atoms. The number of unbranched alkanes of at least 4 members (excludes halogenated alkanes) is 1. The van der Waals surface area contributed by atoms with E-state index in [-0.39, 0.29) is 4.75 Å². The predicted molar refractivity (Wildman–Crippen MR) is 57.9 cm³/mol. The van der Waals surface area contributed by atoms with E-state index >= 15 is 0 Å². The first-order valence-electron chi connectivity index (χ1n) is 4.59. The van der Waals surface area contributed by atoms with Crippen LogP contribution in [0.1, 0.15) is 40.0 Å². The van der Waals surface area contributed by atoms with E-state index in [0.717, 1.165) is 18.6 Å². The molecule has 0 bridgehead atoms. The average molecular weight is 200 g/mol. The summed E-state index contributed by atoms with van der Waals surface area (Å²) < 4.78 is 0.0106. The highest BCUT2D eigenvalue weighted by molar-refractivity contribution is 8.16. The van der Waals surface area contributed by atoms with Crippen LogP contribution in [0.3, 0.4) is 0 Å². The summed E-state index contributed by atoms with van der Waals surface area (Å²) in [5.41, 5.74) is 1.15. The van der Waals surface area contributed by atoms with Crippen molar-refractivity contribution in [2.45, 2.75) is 44.8 Å². The highest BCUT2D eigenvalue weighted by Crippen LogP contribution is 2.35. The van der Waals surface area contributed by atoms with Crippen LogP contribution in [0.2, 0.25) is 0 Å². The van der Waals surface area contributed by atoms with Gasteiger partial charge in [0.25, 0.3) is 0 Å². The van der Waals surface area contributed by atoms with Gasteiger partial charge in [0.1, 0.15) is 0 Å². The molecule has 0 fully saturated rings. The van der Waals surface area contributed by atoms with Crippen molar-refractivity contribution in [1.82, 2.24) is 0 Å². The molecule has 0 aromatic rings. The average Bonchev–Trinajstić information content (AvgIpc) is 2.37. The maximum absolute atomic E-state index is 8.60. The van der Waals surface area contributed by atoms with Crippen LogP contribution in [0.15, 0.2) is 10.1 Å². The minimum Gasteiger partial charge on any atom is -0.409 e. The quantitative estimate of drug-likeness (QED) is 0.562. The van der Waals surface area contributed by atoms with E-state index in [1.165, 1.54) is 18.2 Å². The molecule has 0 atom stereocenters. The number of thioether (sulfide) groups is 1. The molecule has 0 radical (unpaired) electrons. The first-order valence-corrected chi connectivity index (χ1v) is 5.41. The summed E-state index contributed by atoms with van der Waals surface area (Å²) in [4.78, 5) is 4.28. The summed E-state index contributed by atoms with van der Waals surface area (Å²) in [6, 6.07) is 0. The largest absolute Gasteiger partial charge is 0.409 e. The molecule has 1 heterocycles. The van der Waals surface area contributed by atoms with Crippen molar-refractivity contribution in [3.05, 3.63) is 0 Å². The molecule has 0 aromatic carbocycles. The van der Waals surface area contributed by atoms with E-state index in [1.54, 1.807) is 0 Å². The lowest BCUT2D eigenvalue weighted by molar-refractivity contribution is 0.320. The van der Waals surface area contributed by atoms with Crippen molar-refractivity contribution in [2.75, 3.05) is 0 Å². The van der Waals surface area contributed by atoms with Crippen molar-refractivity contribution in [3.8, 4) is 0 Å². The van der Waals surface area contributed by atoms with E-state index in [1.807, 2.05) is 0 Å². The van der Waals surface area contributed by atoms with Gasteiger partial charge in [0.15, 0.2) is 0 Å². The van der Waals surface area contributed by atoms with Gasteiger partial charge in [0.2, 0.25) is 5.17 Å². The van der Waals surface area contributed by atoms with Gasteiger partial charge in [-0.15, -0.1) is 0 Å². The lowest BCUT2D eigenvalue weighted by Crippen LogP contribution is -2.23. The van der Waals surface area contributed by atoms with Gasteiger partial charge in [0.05, 0.1) is 4.75 Å². The Bertz CT molecular complexity index is 246. The number of hydrogen-bond acceptors (Lipinski definition) is 3. The summed E-state index contributed by atoms with van der Waals surface area (Å²) >= 11 is 1.52. The summed E-state index contributed by atoms with van der Waals surface area (Å²) in [6.45, 7) is 6.39. The first-order chi connectivity index (χ1) is 6.10. The molecule has 0 unspecified atom stereocenters. The minimum atomic E-state index is 0.0106. The van der Waals surface area contributed by atoms with Gasteiger partial charge in [-0.25, -0.2) is 4.99 Å². The molecule has 0 aliphatic carbocycles. The maximum atomic E-state index is 8.60. The number of amidine groups is 1. The fourth-order valence-corrected chi connectivity index (χ4v) is 2.22. The summed E-state index contributed by atoms with van der Waals surface area (Å²) in [6.07, 6.45) is 3.34. The number of oxime groups is 1. The molecule has 0 spiro atoms. The lowest BCUT2D eigenvalue weighted by Gasteiger charge is -2.17. The molecule has 0 aromatic heterocycles. The zero-order valence-corrected chi connectivity index (χ0v) is 9.19. The third-order valence-corrected chi connectivity index (χ3v) is 3.23. The molecule has 1 aliphatic rings. The van der Waals surface area contributed by atoms with E-state index in [0.29, 0.717) is 5.17 Å². The maximum Gasteiger partial charge on any atom is 0.226 e. The minimum absolute atomic E-state index is 0.0106. The summed E-state index contributed by atoms with van der Waals surface area (Å²) in [5.74, 6) is 0. The Morgan fingerprint density at radius 2 is 2.23 bits per heavy atom. The zero-order valence-electron chi connectivity index (χ0n) is 8.37. The van der Waals surface area contributed by atoms with E-state index in [2.05, 4.69) is 30.9 Å². The zero-order chi connectivity index (χ0) is 9.90. The van der Waals surface area contributed by atoms with Gasteiger partial charge < -0.3 is 5.21 Å². The van der Waals surface area contributed by atoms with Gasteiger partial charge in [-0.05, 0) is 26.7 Å². The van der Waals surface area contributed by atoms with Gasteiger partial charge >= 0.3 is 0 Å². The van der Waals surface area contributed by atoms with Crippen LogP contribution in [-0.2, 0) is 0 Å². The lowest BCUT2D eigenvalue weighted by atomic mass is 10.0. The molecular weight excluding hydrogens is 184 g/mol. The van der Waals surface area contributed by atoms with Gasteiger partial charge in [0, 0.05) is 5.71 Å². The second kappa shape index (κ2) is 4.13. The molecule has 4 heteroatoms. The standard InChI is InChI=1S/C9H16N2OS/c1-4-5-6-7-9(2,3)13-8(10-7)11-12/h12H,4-6H2,1-3H3. The van der Waals surface area contributed by atoms with Crippen LogP contribution in [0.5, 0.6) is 0 Å². The molecule has 0 saturated heterocycles. The third kappa shape index (κ3) is 2.46. The van der Waals surface area contributed by atoms with E-state index < -0.39 is 0 Å². The van der Waals surface area contributed by atoms with Crippen molar-refractivity contribution < 1.29 is 5.21 Å². The van der Waals surface area contributed by atoms with Gasteiger partial charge in [-0.1, -0.05) is 30.3 Å². The molecule has 1 N–H and O–H groups in total. The second-order valence-electron chi connectivity index (χ2n) is 3.66. The van der Waals surface area contributed by atoms with Crippen LogP contribution < -0.4 is 0 Å². The number of hydrogen-bond donors (Lipinski definition) is 1. The summed E-state index contributed by atoms with van der Waals surface area (Å²) in [5, 5.41) is 12.2. The molecular formula is C9H16N2OS. The van der Waals surface area contributed by atoms with E-state index in [4.69, 9.17) is 5.21 Å². The van der Waals surface area contributed by atoms with Crippen LogP contribution in [-0.4, -0.2) is 20.8 Å². The van der Waals surface area contributed by atoms with Crippen LogP contribution in [0, 0.1) is 0 Å². The second-order valence-corrected chi connectivity index (χ2v) is 5.25. The first kappa shape index (κ1) is 10.6. The molecule has 3 nitrogen and oxygen atoms in total. The predicted octanol–water partition coefficient (Wildman–Crippen LogP) is 2.89. The van der Waals surface area contributed by atoms with Crippen molar-refractivity contribution in [1.29, 1.82) is 0 Å². The highest BCUT2D eigenvalue weighted by Gasteiger charge is 2.33. The highest BCUT2D eigenvalue weighted by atomic mass is 32.2. The van der Waals surface area contributed by atoms with Crippen molar-refractivity contribution in [3.63, 3.8) is 0 Å². The SMILES string of the molecule is CCCCC1=NC(=NO)SC1(C)C. The van der Waals surface area contributed by atoms with Gasteiger partial charge in [-0.2, -0.15) is 0 Å². The molecule has 1 rings (SSSR count). The van der Waals surface area contributed by atoms with Crippen molar-refractivity contribution >= 4 is 22.6 Å². The molecule has 0 saturated carbocycles. The Balaban J connectivity index is 2.69. The van der Waals surface area contributed by atoms with Gasteiger partial charge in [-0.3, -0.25) is 0 Å². The fraction of sp³-hybridized carbons (Fsp3) is 0.778. The normalized spacial score (nSPS) is 23.6. The third-order valence-electron chi connectivity index (χ3n) is 2.12. The summed E-state index contributed by atoms with van der Waals surface area (Å²) in [7, 11) is 0. The van der Waals surface area contributed by atoms with Crippen LogP contribution >= 0.6 is 11.8 Å². The smallest absolute Gasteiger partial charge is 0.226 e. The van der Waals surface area contributed by atoms with Crippen molar-refractivity contribution in [2.24, 2.45) is 10.1 Å². The Hall–Kier alpha value is -0.510. The molecule has 1 aliphatic heterocycles. The number of aliphatic imine (C=N–C) groups is 1. The topological polar surface area (TPSA) is 45.0 Å². The fourth-order valence-electron chi connectivity index (χ4n) is 1.30. The number of nitrogens with zero attached hydrogens (tertiary/aromatic N) is 2.